The van der Waals surface area contributed by atoms with Crippen LogP contribution in [-0.4, -0.2) is 11.9 Å². The van der Waals surface area contributed by atoms with Crippen LogP contribution in [0.1, 0.15) is 20.8 Å². The van der Waals surface area contributed by atoms with Crippen LogP contribution in [-0.2, 0) is 14.3 Å². The third-order valence-electron chi connectivity index (χ3n) is 1.25. The highest BCUT2D eigenvalue weighted by Gasteiger charge is 2.07. The van der Waals surface area contributed by atoms with Gasteiger partial charge in [0.15, 0.2) is 0 Å². The van der Waals surface area contributed by atoms with E-state index >= 15 is 0 Å². The molecule has 0 heterocycles. The molecular formula is C9H12O3. The van der Waals surface area contributed by atoms with Crippen molar-refractivity contribution >= 4 is 11.9 Å². The molecule has 0 N–H and O–H groups in total. The van der Waals surface area contributed by atoms with Gasteiger partial charge in [0.1, 0.15) is 0 Å². The molecule has 0 fully saturated rings. The summed E-state index contributed by atoms with van der Waals surface area (Å²) in [4.78, 5) is 21.6. The molecule has 66 valence electrons. The first kappa shape index (κ1) is 10.6. The molecule has 0 aliphatic rings. The van der Waals surface area contributed by atoms with Crippen LogP contribution in [0, 0.1) is 0 Å². The van der Waals surface area contributed by atoms with Crippen LogP contribution in [0.5, 0.6) is 0 Å². The van der Waals surface area contributed by atoms with Crippen molar-refractivity contribution in [2.75, 3.05) is 0 Å². The molecule has 3 heteroatoms. The molecule has 0 unspecified atom stereocenters. The third-order valence-corrected chi connectivity index (χ3v) is 1.25. The summed E-state index contributed by atoms with van der Waals surface area (Å²) in [5, 5.41) is 0. The van der Waals surface area contributed by atoms with E-state index in [0.29, 0.717) is 5.57 Å². The SMILES string of the molecule is CC=CC(=O)OC(=O)/C(C)=C/C. The van der Waals surface area contributed by atoms with Gasteiger partial charge in [0, 0.05) is 11.6 Å². The van der Waals surface area contributed by atoms with Crippen molar-refractivity contribution in [2.24, 2.45) is 0 Å². The van der Waals surface area contributed by atoms with Crippen molar-refractivity contribution in [3.63, 3.8) is 0 Å². The molecule has 0 saturated heterocycles. The van der Waals surface area contributed by atoms with E-state index in [9.17, 15) is 9.59 Å². The highest BCUT2D eigenvalue weighted by molar-refractivity contribution is 5.98. The Balaban J connectivity index is 4.11. The summed E-state index contributed by atoms with van der Waals surface area (Å²) in [6.45, 7) is 4.97. The molecule has 0 aromatic rings. The Morgan fingerprint density at radius 3 is 2.25 bits per heavy atom. The van der Waals surface area contributed by atoms with Gasteiger partial charge in [-0.05, 0) is 20.8 Å². The number of hydrogen-bond acceptors (Lipinski definition) is 3. The predicted molar refractivity (Wildman–Crippen MR) is 45.3 cm³/mol. The van der Waals surface area contributed by atoms with E-state index in [4.69, 9.17) is 0 Å². The second-order valence-corrected chi connectivity index (χ2v) is 2.18. The minimum atomic E-state index is -0.635. The van der Waals surface area contributed by atoms with E-state index in [2.05, 4.69) is 4.74 Å². The van der Waals surface area contributed by atoms with Crippen LogP contribution in [0.4, 0.5) is 0 Å². The molecule has 0 radical (unpaired) electrons. The molecule has 0 amide bonds. The van der Waals surface area contributed by atoms with Crippen LogP contribution in [0.15, 0.2) is 23.8 Å². The van der Waals surface area contributed by atoms with Gasteiger partial charge in [-0.15, -0.1) is 0 Å². The molecule has 0 spiro atoms. The van der Waals surface area contributed by atoms with Gasteiger partial charge in [0.2, 0.25) is 0 Å². The van der Waals surface area contributed by atoms with Gasteiger partial charge < -0.3 is 4.74 Å². The van der Waals surface area contributed by atoms with Crippen LogP contribution < -0.4 is 0 Å². The van der Waals surface area contributed by atoms with Crippen LogP contribution >= 0.6 is 0 Å². The summed E-state index contributed by atoms with van der Waals surface area (Å²) in [7, 11) is 0. The van der Waals surface area contributed by atoms with Crippen molar-refractivity contribution in [3.8, 4) is 0 Å². The summed E-state index contributed by atoms with van der Waals surface area (Å²) in [6, 6.07) is 0. The van der Waals surface area contributed by atoms with Crippen molar-refractivity contribution in [3.05, 3.63) is 23.8 Å². The zero-order valence-corrected chi connectivity index (χ0v) is 7.46. The third kappa shape index (κ3) is 3.71. The summed E-state index contributed by atoms with van der Waals surface area (Å²) >= 11 is 0. The van der Waals surface area contributed by atoms with Gasteiger partial charge in [-0.25, -0.2) is 9.59 Å². The van der Waals surface area contributed by atoms with Gasteiger partial charge >= 0.3 is 11.9 Å². The molecule has 0 atom stereocenters. The fraction of sp³-hybridized carbons (Fsp3) is 0.333. The minimum absolute atomic E-state index is 0.424. The zero-order valence-electron chi connectivity index (χ0n) is 7.46. The van der Waals surface area contributed by atoms with E-state index in [1.54, 1.807) is 26.8 Å². The first-order chi connectivity index (χ1) is 5.61. The Morgan fingerprint density at radius 1 is 1.25 bits per heavy atom. The van der Waals surface area contributed by atoms with E-state index < -0.39 is 11.9 Å². The largest absolute Gasteiger partial charge is 0.386 e. The van der Waals surface area contributed by atoms with Crippen molar-refractivity contribution < 1.29 is 14.3 Å². The first-order valence-electron chi connectivity index (χ1n) is 3.63. The Bertz CT molecular complexity index is 236. The molecule has 0 aliphatic heterocycles. The average molecular weight is 168 g/mol. The fourth-order valence-electron chi connectivity index (χ4n) is 0.460. The number of esters is 2. The van der Waals surface area contributed by atoms with Crippen LogP contribution in [0.2, 0.25) is 0 Å². The standard InChI is InChI=1S/C9H12O3/c1-4-6-8(10)12-9(11)7(3)5-2/h4-6H,1-3H3/b6-4?,7-5+. The molecule has 0 bridgehead atoms. The molecule has 0 rings (SSSR count). The Morgan fingerprint density at radius 2 is 1.83 bits per heavy atom. The highest BCUT2D eigenvalue weighted by Crippen LogP contribution is 1.96. The Hall–Kier alpha value is -1.38. The average Bonchev–Trinajstić information content (AvgIpc) is 2.03. The molecule has 3 nitrogen and oxygen atoms in total. The zero-order chi connectivity index (χ0) is 9.56. The quantitative estimate of drug-likeness (QED) is 0.357. The van der Waals surface area contributed by atoms with Crippen molar-refractivity contribution in [2.45, 2.75) is 20.8 Å². The maximum absolute atomic E-state index is 10.9. The van der Waals surface area contributed by atoms with Gasteiger partial charge in [-0.3, -0.25) is 0 Å². The summed E-state index contributed by atoms with van der Waals surface area (Å²) in [5.74, 6) is -1.23. The van der Waals surface area contributed by atoms with Gasteiger partial charge in [-0.2, -0.15) is 0 Å². The number of rotatable bonds is 2. The van der Waals surface area contributed by atoms with Crippen molar-refractivity contribution in [1.82, 2.24) is 0 Å². The highest BCUT2D eigenvalue weighted by atomic mass is 16.6. The molecule has 0 aromatic carbocycles. The molecule has 0 aliphatic carbocycles. The van der Waals surface area contributed by atoms with E-state index in [1.165, 1.54) is 12.2 Å². The lowest BCUT2D eigenvalue weighted by Gasteiger charge is -1.97. The van der Waals surface area contributed by atoms with Crippen LogP contribution in [0.25, 0.3) is 0 Å². The van der Waals surface area contributed by atoms with E-state index in [-0.39, 0.29) is 0 Å². The maximum atomic E-state index is 10.9. The fourth-order valence-corrected chi connectivity index (χ4v) is 0.460. The second-order valence-electron chi connectivity index (χ2n) is 2.18. The normalized spacial score (nSPS) is 11.8. The molecule has 12 heavy (non-hydrogen) atoms. The van der Waals surface area contributed by atoms with E-state index in [1.807, 2.05) is 0 Å². The maximum Gasteiger partial charge on any atom is 0.341 e. The predicted octanol–water partition coefficient (Wildman–Crippen LogP) is 1.60. The van der Waals surface area contributed by atoms with Gasteiger partial charge in [0.25, 0.3) is 0 Å². The van der Waals surface area contributed by atoms with Crippen LogP contribution in [0.3, 0.4) is 0 Å². The first-order valence-corrected chi connectivity index (χ1v) is 3.63. The number of allylic oxidation sites excluding steroid dienone is 2. The number of hydrogen-bond donors (Lipinski definition) is 0. The monoisotopic (exact) mass is 168 g/mol. The van der Waals surface area contributed by atoms with Crippen molar-refractivity contribution in [1.29, 1.82) is 0 Å². The molecular weight excluding hydrogens is 156 g/mol. The topological polar surface area (TPSA) is 43.4 Å². The summed E-state index contributed by atoms with van der Waals surface area (Å²) in [5.41, 5.74) is 0.424. The van der Waals surface area contributed by atoms with Gasteiger partial charge in [-0.1, -0.05) is 12.2 Å². The number of carbonyl (C=O) groups excluding carboxylic acids is 2. The Labute approximate surface area is 71.7 Å². The molecule has 0 saturated carbocycles. The summed E-state index contributed by atoms with van der Waals surface area (Å²) < 4.78 is 4.41. The number of ether oxygens (including phenoxy) is 1. The second kappa shape index (κ2) is 5.29. The molecule has 0 aromatic heterocycles. The minimum Gasteiger partial charge on any atom is -0.386 e. The lowest BCUT2D eigenvalue weighted by molar-refractivity contribution is -0.153. The van der Waals surface area contributed by atoms with Gasteiger partial charge in [0.05, 0.1) is 0 Å². The lowest BCUT2D eigenvalue weighted by atomic mass is 10.3. The van der Waals surface area contributed by atoms with E-state index in [0.717, 1.165) is 0 Å². The lowest BCUT2D eigenvalue weighted by Crippen LogP contribution is -2.10. The number of carbonyl (C=O) groups is 2. The summed E-state index contributed by atoms with van der Waals surface area (Å²) in [6.07, 6.45) is 4.30. The Kier molecular flexibility index (Phi) is 4.69. The smallest absolute Gasteiger partial charge is 0.341 e.